The summed E-state index contributed by atoms with van der Waals surface area (Å²) in [6.07, 6.45) is 6.35. The van der Waals surface area contributed by atoms with E-state index in [-0.39, 0.29) is 11.8 Å². The number of para-hydroxylation sites is 1. The van der Waals surface area contributed by atoms with Gasteiger partial charge in [0, 0.05) is 36.1 Å². The molecule has 3 heterocycles. The van der Waals surface area contributed by atoms with E-state index in [1.165, 1.54) is 5.56 Å². The van der Waals surface area contributed by atoms with Crippen molar-refractivity contribution in [2.45, 2.75) is 18.4 Å². The largest absolute Gasteiger partial charge is 0.328 e. The molecular weight excluding hydrogens is 320 g/mol. The predicted molar refractivity (Wildman–Crippen MR) is 104 cm³/mol. The van der Waals surface area contributed by atoms with Crippen LogP contribution < -0.4 is 4.90 Å². The Labute approximate surface area is 153 Å². The number of carbonyl (C=O) groups excluding carboxylic acids is 1. The number of aryl methyl sites for hydroxylation is 1. The summed E-state index contributed by atoms with van der Waals surface area (Å²) >= 11 is 0. The molecule has 0 unspecified atom stereocenters. The number of hydrogen-bond acceptors (Lipinski definition) is 1. The first-order valence-corrected chi connectivity index (χ1v) is 8.94. The first-order chi connectivity index (χ1) is 12.6. The van der Waals surface area contributed by atoms with Gasteiger partial charge >= 0.3 is 0 Å². The van der Waals surface area contributed by atoms with Crippen molar-refractivity contribution in [2.75, 3.05) is 11.9 Å². The smallest absolute Gasteiger partial charge is 0.258 e. The van der Waals surface area contributed by atoms with Crippen LogP contribution in [0.25, 0.3) is 6.08 Å². The zero-order valence-electron chi connectivity index (χ0n) is 14.9. The fraction of sp³-hybridized carbons (Fsp3) is 0.174. The average molecular weight is 340 g/mol. The second kappa shape index (κ2) is 5.21. The lowest BCUT2D eigenvalue weighted by atomic mass is 9.73. The van der Waals surface area contributed by atoms with Crippen LogP contribution in [0, 0.1) is 6.92 Å². The molecule has 128 valence electrons. The van der Waals surface area contributed by atoms with Gasteiger partial charge in [-0.3, -0.25) is 4.79 Å². The average Bonchev–Trinajstić information content (AvgIpc) is 3.23. The zero-order valence-corrected chi connectivity index (χ0v) is 14.9. The number of amides is 1. The van der Waals surface area contributed by atoms with Crippen molar-refractivity contribution in [3.8, 4) is 0 Å². The minimum absolute atomic E-state index is 0.0541. The molecule has 0 N–H and O–H groups in total. The van der Waals surface area contributed by atoms with Crippen LogP contribution in [0.15, 0.2) is 72.9 Å². The number of allylic oxidation sites excluding steroid dienone is 1. The van der Waals surface area contributed by atoms with Gasteiger partial charge in [0.25, 0.3) is 5.91 Å². The van der Waals surface area contributed by atoms with Crippen molar-refractivity contribution in [1.82, 2.24) is 4.57 Å². The van der Waals surface area contributed by atoms with Gasteiger partial charge in [0.15, 0.2) is 5.54 Å². The maximum Gasteiger partial charge on any atom is 0.258 e. The molecule has 0 fully saturated rings. The molecule has 5 rings (SSSR count). The van der Waals surface area contributed by atoms with Gasteiger partial charge in [-0.25, -0.2) is 0 Å². The van der Waals surface area contributed by atoms with Crippen molar-refractivity contribution in [1.29, 1.82) is 0 Å². The standard InChI is InChI=1S/C23H20N2O/c1-16-9-11-17(12-10-16)19-14-13-18-6-5-15-25(18)23(19)20-7-3-4-8-21(20)24(2)22(23)26/h3-15,19H,1-2H3/t19-,23+/m0/s1. The summed E-state index contributed by atoms with van der Waals surface area (Å²) in [5.74, 6) is 0.0627. The first-order valence-electron chi connectivity index (χ1n) is 8.94. The number of benzene rings is 2. The Balaban J connectivity index is 1.85. The molecule has 1 spiro atoms. The molecule has 2 aliphatic heterocycles. The van der Waals surface area contributed by atoms with Gasteiger partial charge in [0.2, 0.25) is 0 Å². The van der Waals surface area contributed by atoms with E-state index < -0.39 is 5.54 Å². The maximum atomic E-state index is 13.7. The minimum atomic E-state index is -0.770. The van der Waals surface area contributed by atoms with Crippen LogP contribution in [0.2, 0.25) is 0 Å². The molecule has 3 nitrogen and oxygen atoms in total. The van der Waals surface area contributed by atoms with Crippen LogP contribution in [0.4, 0.5) is 5.69 Å². The highest BCUT2D eigenvalue weighted by molar-refractivity contribution is 6.09. The number of hydrogen-bond donors (Lipinski definition) is 0. The van der Waals surface area contributed by atoms with Crippen LogP contribution >= 0.6 is 0 Å². The number of likely N-dealkylation sites (N-methyl/N-ethyl adjacent to an activating group) is 1. The minimum Gasteiger partial charge on any atom is -0.328 e. The van der Waals surface area contributed by atoms with E-state index in [9.17, 15) is 4.79 Å². The number of aromatic nitrogens is 1. The Hall–Kier alpha value is -3.07. The summed E-state index contributed by atoms with van der Waals surface area (Å²) in [4.78, 5) is 15.5. The number of carbonyl (C=O) groups is 1. The highest BCUT2D eigenvalue weighted by Gasteiger charge is 2.57. The van der Waals surface area contributed by atoms with Gasteiger partial charge in [-0.05, 0) is 36.8 Å². The molecule has 0 saturated heterocycles. The van der Waals surface area contributed by atoms with Gasteiger partial charge in [-0.15, -0.1) is 0 Å². The van der Waals surface area contributed by atoms with Crippen molar-refractivity contribution >= 4 is 17.7 Å². The Morgan fingerprint density at radius 1 is 0.962 bits per heavy atom. The molecule has 3 aromatic rings. The molecule has 0 aliphatic carbocycles. The van der Waals surface area contributed by atoms with Crippen molar-refractivity contribution in [2.24, 2.45) is 0 Å². The topological polar surface area (TPSA) is 25.2 Å². The Morgan fingerprint density at radius 3 is 2.54 bits per heavy atom. The number of fused-ring (bicyclic) bond motifs is 4. The van der Waals surface area contributed by atoms with E-state index in [1.54, 1.807) is 4.90 Å². The Morgan fingerprint density at radius 2 is 1.73 bits per heavy atom. The summed E-state index contributed by atoms with van der Waals surface area (Å²) in [6.45, 7) is 2.09. The van der Waals surface area contributed by atoms with E-state index in [0.717, 1.165) is 22.5 Å². The van der Waals surface area contributed by atoms with Crippen LogP contribution in [0.5, 0.6) is 0 Å². The first kappa shape index (κ1) is 15.2. The summed E-state index contributed by atoms with van der Waals surface area (Å²) in [7, 11) is 1.88. The molecule has 2 atom stereocenters. The molecule has 1 aromatic heterocycles. The summed E-state index contributed by atoms with van der Waals surface area (Å²) < 4.78 is 2.15. The summed E-state index contributed by atoms with van der Waals surface area (Å²) in [5.41, 5.74) is 4.73. The molecule has 0 radical (unpaired) electrons. The second-order valence-corrected chi connectivity index (χ2v) is 7.20. The number of anilines is 1. The maximum absolute atomic E-state index is 13.7. The summed E-state index contributed by atoms with van der Waals surface area (Å²) in [6, 6.07) is 20.8. The van der Waals surface area contributed by atoms with Crippen molar-refractivity contribution in [3.63, 3.8) is 0 Å². The third-order valence-electron chi connectivity index (χ3n) is 5.81. The normalized spacial score (nSPS) is 23.4. The third-order valence-corrected chi connectivity index (χ3v) is 5.81. The van der Waals surface area contributed by atoms with E-state index >= 15 is 0 Å². The van der Waals surface area contributed by atoms with Gasteiger partial charge in [-0.1, -0.05) is 54.1 Å². The van der Waals surface area contributed by atoms with E-state index in [4.69, 9.17) is 0 Å². The van der Waals surface area contributed by atoms with E-state index in [2.05, 4.69) is 60.0 Å². The summed E-state index contributed by atoms with van der Waals surface area (Å²) in [5, 5.41) is 0. The lowest BCUT2D eigenvalue weighted by molar-refractivity contribution is -0.124. The molecular formula is C23H20N2O. The second-order valence-electron chi connectivity index (χ2n) is 7.20. The monoisotopic (exact) mass is 340 g/mol. The molecule has 3 heteroatoms. The fourth-order valence-electron chi connectivity index (χ4n) is 4.56. The SMILES string of the molecule is Cc1ccc([C@@H]2C=Cc3cccn3[C@]23C(=O)N(C)c2ccccc23)cc1. The predicted octanol–water partition coefficient (Wildman–Crippen LogP) is 4.33. The lowest BCUT2D eigenvalue weighted by Crippen LogP contribution is -2.50. The van der Waals surface area contributed by atoms with Gasteiger partial charge < -0.3 is 9.47 Å². The molecule has 2 aliphatic rings. The lowest BCUT2D eigenvalue weighted by Gasteiger charge is -2.40. The highest BCUT2D eigenvalue weighted by atomic mass is 16.2. The highest BCUT2D eigenvalue weighted by Crippen LogP contribution is 2.53. The van der Waals surface area contributed by atoms with Crippen LogP contribution in [-0.4, -0.2) is 17.5 Å². The Kier molecular flexibility index (Phi) is 3.05. The van der Waals surface area contributed by atoms with Gasteiger partial charge in [-0.2, -0.15) is 0 Å². The zero-order chi connectivity index (χ0) is 17.9. The molecule has 0 bridgehead atoms. The number of nitrogens with zero attached hydrogens (tertiary/aromatic N) is 2. The van der Waals surface area contributed by atoms with E-state index in [1.807, 2.05) is 37.5 Å². The molecule has 1 amide bonds. The van der Waals surface area contributed by atoms with Gasteiger partial charge in [0.1, 0.15) is 0 Å². The molecule has 26 heavy (non-hydrogen) atoms. The van der Waals surface area contributed by atoms with Crippen molar-refractivity contribution < 1.29 is 4.79 Å². The van der Waals surface area contributed by atoms with Crippen molar-refractivity contribution in [3.05, 3.63) is 95.3 Å². The van der Waals surface area contributed by atoms with Crippen LogP contribution in [-0.2, 0) is 10.3 Å². The van der Waals surface area contributed by atoms with Crippen LogP contribution in [0.1, 0.15) is 28.3 Å². The number of rotatable bonds is 1. The van der Waals surface area contributed by atoms with E-state index in [0.29, 0.717) is 0 Å². The quantitative estimate of drug-likeness (QED) is 0.647. The third kappa shape index (κ3) is 1.75. The fourth-order valence-corrected chi connectivity index (χ4v) is 4.56. The Bertz CT molecular complexity index is 1040. The molecule has 0 saturated carbocycles. The molecule has 2 aromatic carbocycles. The van der Waals surface area contributed by atoms with Gasteiger partial charge in [0.05, 0.1) is 0 Å². The van der Waals surface area contributed by atoms with Crippen LogP contribution in [0.3, 0.4) is 0 Å².